The molecule has 0 unspecified atom stereocenters. The summed E-state index contributed by atoms with van der Waals surface area (Å²) in [5, 5.41) is 9.59. The third-order valence-corrected chi connectivity index (χ3v) is 2.13. The van der Waals surface area contributed by atoms with E-state index in [2.05, 4.69) is 0 Å². The van der Waals surface area contributed by atoms with Crippen molar-refractivity contribution in [3.05, 3.63) is 23.3 Å². The molecule has 1 radical (unpaired) electrons. The number of hydrogen-bond acceptors (Lipinski definition) is 4. The van der Waals surface area contributed by atoms with Crippen molar-refractivity contribution in [1.82, 2.24) is 0 Å². The van der Waals surface area contributed by atoms with Gasteiger partial charge in [-0.25, -0.2) is 0 Å². The number of aryl methyl sites for hydroxylation is 1. The Bertz CT molecular complexity index is 340. The van der Waals surface area contributed by atoms with Gasteiger partial charge in [0.15, 0.2) is 11.5 Å². The number of hydrogen-bond donors (Lipinski definition) is 2. The fraction of sp³-hybridized carbons (Fsp3) is 0.364. The van der Waals surface area contributed by atoms with Crippen LogP contribution in [0.25, 0.3) is 0 Å². The van der Waals surface area contributed by atoms with Crippen molar-refractivity contribution < 1.29 is 14.6 Å². The highest BCUT2D eigenvalue weighted by atomic mass is 16.5. The standard InChI is InChI=1S/C11H14NO3/c1-7-3-8(4-9(12)6-13)5-10(14)11(7)15-2/h3,5,9,14H,4,12H2,1-2H3/t9-/m0/s1. The lowest BCUT2D eigenvalue weighted by molar-refractivity contribution is 0.370. The molecule has 1 atom stereocenters. The second kappa shape index (κ2) is 4.79. The summed E-state index contributed by atoms with van der Waals surface area (Å²) in [4.78, 5) is 10.3. The molecule has 4 heteroatoms. The molecule has 0 saturated carbocycles. The third-order valence-electron chi connectivity index (χ3n) is 2.13. The highest BCUT2D eigenvalue weighted by Crippen LogP contribution is 2.31. The minimum atomic E-state index is -0.655. The van der Waals surface area contributed by atoms with Gasteiger partial charge in [0.05, 0.1) is 13.2 Å². The minimum absolute atomic E-state index is 0.0607. The van der Waals surface area contributed by atoms with E-state index in [1.165, 1.54) is 7.11 Å². The number of rotatable bonds is 4. The maximum absolute atomic E-state index is 10.3. The Balaban J connectivity index is 2.98. The Labute approximate surface area is 88.7 Å². The van der Waals surface area contributed by atoms with Gasteiger partial charge >= 0.3 is 0 Å². The van der Waals surface area contributed by atoms with E-state index in [1.807, 2.05) is 13.0 Å². The molecule has 0 aliphatic carbocycles. The Kier molecular flexibility index (Phi) is 3.68. The molecule has 15 heavy (non-hydrogen) atoms. The Morgan fingerprint density at radius 1 is 1.60 bits per heavy atom. The van der Waals surface area contributed by atoms with Crippen LogP contribution in [-0.2, 0) is 11.2 Å². The molecule has 1 rings (SSSR count). The fourth-order valence-electron chi connectivity index (χ4n) is 1.51. The zero-order valence-electron chi connectivity index (χ0n) is 8.78. The van der Waals surface area contributed by atoms with Crippen LogP contribution in [-0.4, -0.2) is 24.5 Å². The maximum atomic E-state index is 10.3. The van der Waals surface area contributed by atoms with E-state index in [0.717, 1.165) is 11.1 Å². The van der Waals surface area contributed by atoms with E-state index in [1.54, 1.807) is 12.4 Å². The Morgan fingerprint density at radius 3 is 2.73 bits per heavy atom. The Hall–Kier alpha value is -1.55. The van der Waals surface area contributed by atoms with Crippen LogP contribution in [0.3, 0.4) is 0 Å². The molecule has 3 N–H and O–H groups in total. The molecule has 0 heterocycles. The quantitative estimate of drug-likeness (QED) is 0.763. The number of benzene rings is 1. The maximum Gasteiger partial charge on any atom is 0.217 e. The summed E-state index contributed by atoms with van der Waals surface area (Å²) in [6.07, 6.45) is 2.06. The van der Waals surface area contributed by atoms with Crippen LogP contribution in [0.15, 0.2) is 12.1 Å². The van der Waals surface area contributed by atoms with Crippen LogP contribution in [0, 0.1) is 6.92 Å². The number of nitrogens with two attached hydrogens (primary N) is 1. The van der Waals surface area contributed by atoms with Gasteiger partial charge in [-0.2, -0.15) is 0 Å². The van der Waals surface area contributed by atoms with Gasteiger partial charge in [-0.3, -0.25) is 4.79 Å². The largest absolute Gasteiger partial charge is 0.504 e. The second-order valence-corrected chi connectivity index (χ2v) is 3.39. The number of phenolic OH excluding ortho intramolecular Hbond substituents is 1. The summed E-state index contributed by atoms with van der Waals surface area (Å²) < 4.78 is 5.00. The summed E-state index contributed by atoms with van der Waals surface area (Å²) >= 11 is 0. The lowest BCUT2D eigenvalue weighted by Gasteiger charge is -2.10. The van der Waals surface area contributed by atoms with Crippen molar-refractivity contribution >= 4 is 6.29 Å². The fourth-order valence-corrected chi connectivity index (χ4v) is 1.51. The van der Waals surface area contributed by atoms with E-state index in [0.29, 0.717) is 12.2 Å². The van der Waals surface area contributed by atoms with Crippen molar-refractivity contribution in [3.8, 4) is 11.5 Å². The van der Waals surface area contributed by atoms with Crippen molar-refractivity contribution in [2.24, 2.45) is 5.73 Å². The van der Waals surface area contributed by atoms with Crippen molar-refractivity contribution in [2.45, 2.75) is 19.4 Å². The van der Waals surface area contributed by atoms with Gasteiger partial charge in [-0.15, -0.1) is 0 Å². The van der Waals surface area contributed by atoms with Crippen LogP contribution in [0.1, 0.15) is 11.1 Å². The molecule has 0 aromatic heterocycles. The van der Waals surface area contributed by atoms with Crippen LogP contribution in [0.4, 0.5) is 0 Å². The smallest absolute Gasteiger partial charge is 0.217 e. The summed E-state index contributed by atoms with van der Waals surface area (Å²) in [5.74, 6) is 0.507. The molecule has 0 amide bonds. The van der Waals surface area contributed by atoms with Crippen molar-refractivity contribution in [1.29, 1.82) is 0 Å². The molecule has 4 nitrogen and oxygen atoms in total. The highest BCUT2D eigenvalue weighted by molar-refractivity contribution is 5.59. The lowest BCUT2D eigenvalue weighted by atomic mass is 10.0. The molecule has 0 aliphatic heterocycles. The van der Waals surface area contributed by atoms with Gasteiger partial charge < -0.3 is 15.6 Å². The molecule has 0 spiro atoms. The molecular weight excluding hydrogens is 194 g/mol. The number of carbonyl (C=O) groups excluding carboxylic acids is 1. The van der Waals surface area contributed by atoms with E-state index in [4.69, 9.17) is 10.5 Å². The van der Waals surface area contributed by atoms with Crippen molar-refractivity contribution in [3.63, 3.8) is 0 Å². The minimum Gasteiger partial charge on any atom is -0.504 e. The third kappa shape index (κ3) is 2.70. The normalized spacial score (nSPS) is 12.2. The number of phenols is 1. The van der Waals surface area contributed by atoms with Crippen LogP contribution >= 0.6 is 0 Å². The molecule has 0 bridgehead atoms. The first-order valence-electron chi connectivity index (χ1n) is 4.58. The molecule has 0 saturated heterocycles. The topological polar surface area (TPSA) is 72.5 Å². The second-order valence-electron chi connectivity index (χ2n) is 3.39. The first-order valence-corrected chi connectivity index (χ1v) is 4.58. The highest BCUT2D eigenvalue weighted by Gasteiger charge is 2.10. The molecule has 0 aliphatic rings. The van der Waals surface area contributed by atoms with Gasteiger partial charge in [0.2, 0.25) is 6.29 Å². The van der Waals surface area contributed by atoms with Crippen LogP contribution < -0.4 is 10.5 Å². The van der Waals surface area contributed by atoms with E-state index < -0.39 is 6.04 Å². The van der Waals surface area contributed by atoms with Gasteiger partial charge in [0.1, 0.15) is 0 Å². The van der Waals surface area contributed by atoms with Gasteiger partial charge in [0.25, 0.3) is 0 Å². The molecular formula is C11H14NO3. The monoisotopic (exact) mass is 208 g/mol. The summed E-state index contributed by atoms with van der Waals surface area (Å²) in [5.41, 5.74) is 7.04. The lowest BCUT2D eigenvalue weighted by Crippen LogP contribution is -2.24. The average Bonchev–Trinajstić information content (AvgIpc) is 2.17. The first kappa shape index (κ1) is 11.5. The molecule has 1 aromatic carbocycles. The number of aromatic hydroxyl groups is 1. The van der Waals surface area contributed by atoms with Crippen LogP contribution in [0.5, 0.6) is 11.5 Å². The van der Waals surface area contributed by atoms with E-state index in [-0.39, 0.29) is 5.75 Å². The average molecular weight is 208 g/mol. The number of ether oxygens (including phenoxy) is 1. The summed E-state index contributed by atoms with van der Waals surface area (Å²) in [6, 6.07) is 2.72. The molecule has 1 aromatic rings. The van der Waals surface area contributed by atoms with Crippen molar-refractivity contribution in [2.75, 3.05) is 7.11 Å². The van der Waals surface area contributed by atoms with E-state index >= 15 is 0 Å². The van der Waals surface area contributed by atoms with Crippen LogP contribution in [0.2, 0.25) is 0 Å². The predicted molar refractivity (Wildman–Crippen MR) is 56.8 cm³/mol. The number of methoxy groups -OCH3 is 1. The van der Waals surface area contributed by atoms with E-state index in [9.17, 15) is 9.90 Å². The zero-order chi connectivity index (χ0) is 11.4. The van der Waals surface area contributed by atoms with Gasteiger partial charge in [-0.1, -0.05) is 6.07 Å². The molecule has 0 fully saturated rings. The Morgan fingerprint density at radius 2 is 2.27 bits per heavy atom. The molecule has 81 valence electrons. The first-order chi connectivity index (χ1) is 7.08. The SMILES string of the molecule is COc1c(C)cc(C[C@H](N)[C]=O)cc1O. The summed E-state index contributed by atoms with van der Waals surface area (Å²) in [7, 11) is 1.49. The summed E-state index contributed by atoms with van der Waals surface area (Å²) in [6.45, 7) is 1.82. The predicted octanol–water partition coefficient (Wildman–Crippen LogP) is 0.689. The van der Waals surface area contributed by atoms with Gasteiger partial charge in [-0.05, 0) is 30.5 Å². The van der Waals surface area contributed by atoms with Gasteiger partial charge in [0, 0.05) is 0 Å². The zero-order valence-corrected chi connectivity index (χ0v) is 8.78.